The lowest BCUT2D eigenvalue weighted by Crippen LogP contribution is -2.40. The summed E-state index contributed by atoms with van der Waals surface area (Å²) < 4.78 is 16.2. The molecule has 0 bridgehead atoms. The summed E-state index contributed by atoms with van der Waals surface area (Å²) in [4.78, 5) is 12.5. The van der Waals surface area contributed by atoms with Gasteiger partial charge in [-0.1, -0.05) is 37.3 Å². The number of benzene rings is 1. The van der Waals surface area contributed by atoms with Crippen molar-refractivity contribution in [1.82, 2.24) is 0 Å². The van der Waals surface area contributed by atoms with Gasteiger partial charge < -0.3 is 24.4 Å². The Morgan fingerprint density at radius 3 is 2.68 bits per heavy atom. The molecule has 122 valence electrons. The summed E-state index contributed by atoms with van der Waals surface area (Å²) in [7, 11) is 0. The maximum Gasteiger partial charge on any atom is 0.194 e. The lowest BCUT2D eigenvalue weighted by Gasteiger charge is -2.20. The molecule has 1 saturated heterocycles. The summed E-state index contributed by atoms with van der Waals surface area (Å²) in [5, 5.41) is 19.4. The summed E-state index contributed by atoms with van der Waals surface area (Å²) in [6.07, 6.45) is -2.89. The fraction of sp³-hybridized carbons (Fsp3) is 0.562. The highest BCUT2D eigenvalue weighted by atomic mass is 16.7. The fourth-order valence-corrected chi connectivity index (χ4v) is 2.38. The van der Waals surface area contributed by atoms with Gasteiger partial charge in [0.2, 0.25) is 0 Å². The molecule has 0 aliphatic carbocycles. The molecule has 6 heteroatoms. The first-order chi connectivity index (χ1) is 10.7. The number of hydrogen-bond acceptors (Lipinski definition) is 6. The number of ketones is 1. The molecule has 1 unspecified atom stereocenters. The van der Waals surface area contributed by atoms with Gasteiger partial charge in [-0.2, -0.15) is 0 Å². The van der Waals surface area contributed by atoms with Gasteiger partial charge in [0, 0.05) is 12.2 Å². The number of aliphatic hydroxyl groups excluding tert-OH is 2. The van der Waals surface area contributed by atoms with E-state index < -0.39 is 24.4 Å². The average Bonchev–Trinajstić information content (AvgIpc) is 2.88. The van der Waals surface area contributed by atoms with Crippen LogP contribution in [0, 0.1) is 0 Å². The molecular formula is C16H22O6. The second kappa shape index (κ2) is 8.36. The summed E-state index contributed by atoms with van der Waals surface area (Å²) in [6, 6.07) is 8.67. The molecule has 4 atom stereocenters. The molecule has 1 fully saturated rings. The predicted octanol–water partition coefficient (Wildman–Crippen LogP) is 0.759. The highest BCUT2D eigenvalue weighted by molar-refractivity contribution is 6.00. The second-order valence-corrected chi connectivity index (χ2v) is 5.16. The number of Topliss-reactive ketones (excluding diaryl/α,β-unsaturated/α-hetero) is 1. The first-order valence-electron chi connectivity index (χ1n) is 7.42. The van der Waals surface area contributed by atoms with Gasteiger partial charge in [0.05, 0.1) is 6.61 Å². The number of aliphatic hydroxyl groups is 2. The topological polar surface area (TPSA) is 85.2 Å². The number of rotatable bonds is 8. The van der Waals surface area contributed by atoms with Gasteiger partial charge in [0.25, 0.3) is 0 Å². The zero-order chi connectivity index (χ0) is 15.9. The maximum atomic E-state index is 12.5. The van der Waals surface area contributed by atoms with Crippen LogP contribution in [0.3, 0.4) is 0 Å². The Morgan fingerprint density at radius 2 is 2.05 bits per heavy atom. The first-order valence-corrected chi connectivity index (χ1v) is 7.42. The molecule has 0 saturated carbocycles. The summed E-state index contributed by atoms with van der Waals surface area (Å²) in [5.74, 6) is -0.281. The van der Waals surface area contributed by atoms with Crippen molar-refractivity contribution in [3.63, 3.8) is 0 Å². The molecule has 0 radical (unpaired) electrons. The summed E-state index contributed by atoms with van der Waals surface area (Å²) >= 11 is 0. The van der Waals surface area contributed by atoms with E-state index in [1.807, 2.05) is 13.0 Å². The first kappa shape index (κ1) is 17.1. The zero-order valence-corrected chi connectivity index (χ0v) is 12.6. The Hall–Kier alpha value is -1.31. The van der Waals surface area contributed by atoms with Crippen LogP contribution in [0.2, 0.25) is 0 Å². The average molecular weight is 310 g/mol. The molecule has 1 aromatic rings. The van der Waals surface area contributed by atoms with Crippen LogP contribution < -0.4 is 0 Å². The zero-order valence-electron chi connectivity index (χ0n) is 12.6. The smallest absolute Gasteiger partial charge is 0.194 e. The van der Waals surface area contributed by atoms with Crippen molar-refractivity contribution >= 4 is 5.78 Å². The SMILES string of the molecule is CCCOCOC1[C@@H](O)[C@@H](CO)O[C@H]1C(=O)c1ccccc1. The molecule has 1 aliphatic rings. The van der Waals surface area contributed by atoms with E-state index in [1.54, 1.807) is 24.3 Å². The normalized spacial score (nSPS) is 28.0. The van der Waals surface area contributed by atoms with Crippen molar-refractivity contribution in [3.8, 4) is 0 Å². The Bertz CT molecular complexity index is 463. The minimum Gasteiger partial charge on any atom is -0.394 e. The van der Waals surface area contributed by atoms with E-state index in [9.17, 15) is 15.0 Å². The number of carbonyl (C=O) groups is 1. The highest BCUT2D eigenvalue weighted by Crippen LogP contribution is 2.26. The van der Waals surface area contributed by atoms with E-state index in [-0.39, 0.29) is 19.2 Å². The van der Waals surface area contributed by atoms with Gasteiger partial charge in [0.1, 0.15) is 31.2 Å². The maximum absolute atomic E-state index is 12.5. The largest absolute Gasteiger partial charge is 0.394 e. The van der Waals surface area contributed by atoms with Crippen molar-refractivity contribution < 1.29 is 29.2 Å². The fourth-order valence-electron chi connectivity index (χ4n) is 2.38. The van der Waals surface area contributed by atoms with Crippen LogP contribution in [-0.4, -0.2) is 60.4 Å². The molecule has 0 spiro atoms. The molecular weight excluding hydrogens is 288 g/mol. The van der Waals surface area contributed by atoms with Crippen molar-refractivity contribution in [1.29, 1.82) is 0 Å². The number of ether oxygens (including phenoxy) is 3. The minimum atomic E-state index is -1.08. The van der Waals surface area contributed by atoms with Crippen LogP contribution in [0.5, 0.6) is 0 Å². The van der Waals surface area contributed by atoms with E-state index in [0.717, 1.165) is 6.42 Å². The Kier molecular flexibility index (Phi) is 6.48. The number of carbonyl (C=O) groups excluding carboxylic acids is 1. The van der Waals surface area contributed by atoms with E-state index in [0.29, 0.717) is 12.2 Å². The van der Waals surface area contributed by atoms with Crippen LogP contribution in [0.4, 0.5) is 0 Å². The van der Waals surface area contributed by atoms with Gasteiger partial charge in [-0.15, -0.1) is 0 Å². The monoisotopic (exact) mass is 310 g/mol. The van der Waals surface area contributed by atoms with Crippen molar-refractivity contribution in [3.05, 3.63) is 35.9 Å². The predicted molar refractivity (Wildman–Crippen MR) is 78.5 cm³/mol. The van der Waals surface area contributed by atoms with Crippen LogP contribution in [0.1, 0.15) is 23.7 Å². The van der Waals surface area contributed by atoms with Gasteiger partial charge in [-0.3, -0.25) is 4.79 Å². The summed E-state index contributed by atoms with van der Waals surface area (Å²) in [6.45, 7) is 2.09. The summed E-state index contributed by atoms with van der Waals surface area (Å²) in [5.41, 5.74) is 0.473. The third kappa shape index (κ3) is 3.91. The Balaban J connectivity index is 2.07. The highest BCUT2D eigenvalue weighted by Gasteiger charge is 2.47. The van der Waals surface area contributed by atoms with Crippen LogP contribution >= 0.6 is 0 Å². The van der Waals surface area contributed by atoms with Crippen LogP contribution in [0.15, 0.2) is 30.3 Å². The molecule has 2 N–H and O–H groups in total. The van der Waals surface area contributed by atoms with Crippen molar-refractivity contribution in [2.75, 3.05) is 20.0 Å². The van der Waals surface area contributed by atoms with Crippen LogP contribution in [-0.2, 0) is 14.2 Å². The molecule has 1 aromatic carbocycles. The lowest BCUT2D eigenvalue weighted by atomic mass is 10.00. The van der Waals surface area contributed by atoms with Gasteiger partial charge in [-0.05, 0) is 6.42 Å². The third-order valence-corrected chi connectivity index (χ3v) is 3.53. The molecule has 6 nitrogen and oxygen atoms in total. The lowest BCUT2D eigenvalue weighted by molar-refractivity contribution is -0.120. The second-order valence-electron chi connectivity index (χ2n) is 5.16. The van der Waals surface area contributed by atoms with Crippen molar-refractivity contribution in [2.24, 2.45) is 0 Å². The molecule has 0 aromatic heterocycles. The molecule has 2 rings (SSSR count). The van der Waals surface area contributed by atoms with E-state index in [4.69, 9.17) is 14.2 Å². The van der Waals surface area contributed by atoms with E-state index >= 15 is 0 Å². The standard InChI is InChI=1S/C16H22O6/c1-2-8-20-10-21-15-14(19)12(9-17)22-16(15)13(18)11-6-4-3-5-7-11/h3-7,12,14-17,19H,2,8-10H2,1H3/t12-,14+,15?,16+/m1/s1. The molecule has 1 heterocycles. The van der Waals surface area contributed by atoms with E-state index in [2.05, 4.69) is 0 Å². The van der Waals surface area contributed by atoms with Crippen LogP contribution in [0.25, 0.3) is 0 Å². The minimum absolute atomic E-state index is 0.0321. The quantitative estimate of drug-likeness (QED) is 0.419. The molecule has 1 aliphatic heterocycles. The Labute approximate surface area is 129 Å². The van der Waals surface area contributed by atoms with Gasteiger partial charge in [0.15, 0.2) is 5.78 Å². The van der Waals surface area contributed by atoms with Gasteiger partial charge in [-0.25, -0.2) is 0 Å². The Morgan fingerprint density at radius 1 is 1.32 bits per heavy atom. The molecule has 22 heavy (non-hydrogen) atoms. The van der Waals surface area contributed by atoms with E-state index in [1.165, 1.54) is 0 Å². The van der Waals surface area contributed by atoms with Gasteiger partial charge >= 0.3 is 0 Å². The van der Waals surface area contributed by atoms with Crippen molar-refractivity contribution in [2.45, 2.75) is 37.8 Å². The molecule has 0 amide bonds. The third-order valence-electron chi connectivity index (χ3n) is 3.53. The number of hydrogen-bond donors (Lipinski definition) is 2.